The molecule has 18 heavy (non-hydrogen) atoms. The first-order valence-electron chi connectivity index (χ1n) is 7.36. The largest absolute Gasteiger partial charge is 0.340 e. The lowest BCUT2D eigenvalue weighted by Crippen LogP contribution is -2.59. The molecule has 1 aliphatic heterocycles. The Balaban J connectivity index is 0.00000137. The molecule has 108 valence electrons. The molecule has 1 aliphatic rings. The molecular weight excluding hydrogens is 224 g/mol. The van der Waals surface area contributed by atoms with Crippen LogP contribution >= 0.6 is 0 Å². The van der Waals surface area contributed by atoms with Gasteiger partial charge in [-0.25, -0.2) is 0 Å². The molecule has 1 unspecified atom stereocenters. The molecule has 0 spiro atoms. The van der Waals surface area contributed by atoms with Crippen molar-refractivity contribution in [3.63, 3.8) is 0 Å². The van der Waals surface area contributed by atoms with Crippen molar-refractivity contribution in [2.75, 3.05) is 26.7 Å². The highest BCUT2D eigenvalue weighted by Crippen LogP contribution is 2.20. The molecule has 0 N–H and O–H groups in total. The van der Waals surface area contributed by atoms with Crippen molar-refractivity contribution in [3.8, 4) is 0 Å². The molecule has 0 aromatic carbocycles. The number of likely N-dealkylation sites (N-methyl/N-ethyl adjacent to an activating group) is 1. The van der Waals surface area contributed by atoms with Crippen LogP contribution in [-0.2, 0) is 4.79 Å². The minimum absolute atomic E-state index is 0.114. The van der Waals surface area contributed by atoms with Crippen LogP contribution in [-0.4, -0.2) is 47.9 Å². The third-order valence-corrected chi connectivity index (χ3v) is 3.89. The first-order chi connectivity index (χ1) is 8.36. The van der Waals surface area contributed by atoms with Crippen LogP contribution < -0.4 is 0 Å². The molecule has 0 radical (unpaired) electrons. The number of hydrogen-bond donors (Lipinski definition) is 0. The van der Waals surface area contributed by atoms with Crippen molar-refractivity contribution in [2.24, 2.45) is 5.92 Å². The van der Waals surface area contributed by atoms with Gasteiger partial charge in [0, 0.05) is 31.6 Å². The third-order valence-electron chi connectivity index (χ3n) is 3.89. The van der Waals surface area contributed by atoms with E-state index in [0.29, 0.717) is 18.2 Å². The van der Waals surface area contributed by atoms with Crippen LogP contribution in [0.4, 0.5) is 0 Å². The Morgan fingerprint density at radius 1 is 1.28 bits per heavy atom. The van der Waals surface area contributed by atoms with Crippen LogP contribution in [0, 0.1) is 5.92 Å². The Bertz CT molecular complexity index is 251. The van der Waals surface area contributed by atoms with Gasteiger partial charge in [0.15, 0.2) is 0 Å². The van der Waals surface area contributed by atoms with Gasteiger partial charge in [-0.1, -0.05) is 34.1 Å². The maximum absolute atomic E-state index is 12.1. The standard InChI is InChI=1S/C13H26N2O.C2H6/c1-6-11(2)9-12(16)15-8-7-14(5)13(3,4)10-15;1-2/h11H,6-10H2,1-5H3;1-2H3. The van der Waals surface area contributed by atoms with Gasteiger partial charge in [0.1, 0.15) is 0 Å². The van der Waals surface area contributed by atoms with Crippen LogP contribution in [0.25, 0.3) is 0 Å². The Morgan fingerprint density at radius 3 is 2.28 bits per heavy atom. The predicted octanol–water partition coefficient (Wildman–Crippen LogP) is 3.00. The molecule has 1 atom stereocenters. The molecule has 1 heterocycles. The molecule has 1 saturated heterocycles. The van der Waals surface area contributed by atoms with E-state index in [9.17, 15) is 4.79 Å². The summed E-state index contributed by atoms with van der Waals surface area (Å²) in [6.45, 7) is 15.4. The molecule has 0 saturated carbocycles. The van der Waals surface area contributed by atoms with Crippen molar-refractivity contribution in [1.29, 1.82) is 0 Å². The van der Waals surface area contributed by atoms with E-state index in [0.717, 1.165) is 26.1 Å². The number of hydrogen-bond acceptors (Lipinski definition) is 2. The SMILES string of the molecule is CC.CCC(C)CC(=O)N1CCN(C)C(C)(C)C1. The smallest absolute Gasteiger partial charge is 0.222 e. The fourth-order valence-electron chi connectivity index (χ4n) is 2.02. The van der Waals surface area contributed by atoms with E-state index in [4.69, 9.17) is 0 Å². The van der Waals surface area contributed by atoms with Crippen LogP contribution in [0.3, 0.4) is 0 Å². The number of rotatable bonds is 3. The Morgan fingerprint density at radius 2 is 1.83 bits per heavy atom. The van der Waals surface area contributed by atoms with Gasteiger partial charge in [0.05, 0.1) is 0 Å². The normalized spacial score (nSPS) is 20.9. The predicted molar refractivity (Wildman–Crippen MR) is 78.7 cm³/mol. The highest BCUT2D eigenvalue weighted by molar-refractivity contribution is 5.76. The minimum Gasteiger partial charge on any atom is -0.340 e. The highest BCUT2D eigenvalue weighted by Gasteiger charge is 2.33. The number of carbonyl (C=O) groups is 1. The minimum atomic E-state index is 0.114. The summed E-state index contributed by atoms with van der Waals surface area (Å²) >= 11 is 0. The molecule has 0 bridgehead atoms. The van der Waals surface area contributed by atoms with Gasteiger partial charge in [-0.05, 0) is 26.8 Å². The molecule has 1 amide bonds. The lowest BCUT2D eigenvalue weighted by molar-refractivity contribution is -0.136. The molecule has 3 heteroatoms. The van der Waals surface area contributed by atoms with E-state index < -0.39 is 0 Å². The number of amides is 1. The zero-order valence-electron chi connectivity index (χ0n) is 13.4. The van der Waals surface area contributed by atoms with Gasteiger partial charge in [-0.15, -0.1) is 0 Å². The van der Waals surface area contributed by atoms with E-state index >= 15 is 0 Å². The van der Waals surface area contributed by atoms with Crippen molar-refractivity contribution < 1.29 is 4.79 Å². The third kappa shape index (κ3) is 4.97. The summed E-state index contributed by atoms with van der Waals surface area (Å²) in [6, 6.07) is 0. The molecular formula is C15H32N2O. The molecule has 1 rings (SSSR count). The fourth-order valence-corrected chi connectivity index (χ4v) is 2.02. The highest BCUT2D eigenvalue weighted by atomic mass is 16.2. The second-order valence-electron chi connectivity index (χ2n) is 5.77. The van der Waals surface area contributed by atoms with Crippen LogP contribution in [0.1, 0.15) is 54.4 Å². The van der Waals surface area contributed by atoms with Gasteiger partial charge in [-0.2, -0.15) is 0 Å². The van der Waals surface area contributed by atoms with Gasteiger partial charge in [-0.3, -0.25) is 9.69 Å². The van der Waals surface area contributed by atoms with E-state index in [2.05, 4.69) is 39.6 Å². The lowest BCUT2D eigenvalue weighted by Gasteiger charge is -2.45. The fraction of sp³-hybridized carbons (Fsp3) is 0.933. The monoisotopic (exact) mass is 256 g/mol. The average Bonchev–Trinajstić information content (AvgIpc) is 2.34. The summed E-state index contributed by atoms with van der Waals surface area (Å²) in [4.78, 5) is 16.4. The van der Waals surface area contributed by atoms with Gasteiger partial charge >= 0.3 is 0 Å². The average molecular weight is 256 g/mol. The van der Waals surface area contributed by atoms with Crippen LogP contribution in [0.2, 0.25) is 0 Å². The van der Waals surface area contributed by atoms with Crippen LogP contribution in [0.15, 0.2) is 0 Å². The second kappa shape index (κ2) is 7.78. The zero-order chi connectivity index (χ0) is 14.3. The molecule has 1 fully saturated rings. The topological polar surface area (TPSA) is 23.6 Å². The Kier molecular flexibility index (Phi) is 7.53. The van der Waals surface area contributed by atoms with Crippen molar-refractivity contribution in [1.82, 2.24) is 9.80 Å². The summed E-state index contributed by atoms with van der Waals surface area (Å²) in [7, 11) is 2.14. The van der Waals surface area contributed by atoms with Crippen molar-refractivity contribution in [3.05, 3.63) is 0 Å². The summed E-state index contributed by atoms with van der Waals surface area (Å²) in [5.41, 5.74) is 0.114. The van der Waals surface area contributed by atoms with E-state index in [1.165, 1.54) is 0 Å². The number of carbonyl (C=O) groups excluding carboxylic acids is 1. The Labute approximate surface area is 114 Å². The van der Waals surface area contributed by atoms with Crippen molar-refractivity contribution >= 4 is 5.91 Å². The maximum atomic E-state index is 12.1. The quantitative estimate of drug-likeness (QED) is 0.775. The van der Waals surface area contributed by atoms with Crippen LogP contribution in [0.5, 0.6) is 0 Å². The number of piperazine rings is 1. The second-order valence-corrected chi connectivity index (χ2v) is 5.77. The van der Waals surface area contributed by atoms with Gasteiger partial charge < -0.3 is 4.90 Å². The molecule has 0 aromatic heterocycles. The summed E-state index contributed by atoms with van der Waals surface area (Å²) < 4.78 is 0. The summed E-state index contributed by atoms with van der Waals surface area (Å²) in [5.74, 6) is 0.839. The summed E-state index contributed by atoms with van der Waals surface area (Å²) in [5, 5.41) is 0. The first kappa shape index (κ1) is 17.4. The first-order valence-corrected chi connectivity index (χ1v) is 7.36. The number of nitrogens with zero attached hydrogens (tertiary/aromatic N) is 2. The van der Waals surface area contributed by atoms with Gasteiger partial charge in [0.25, 0.3) is 0 Å². The maximum Gasteiger partial charge on any atom is 0.222 e. The van der Waals surface area contributed by atoms with Crippen molar-refractivity contribution in [2.45, 2.75) is 59.9 Å². The molecule has 3 nitrogen and oxygen atoms in total. The van der Waals surface area contributed by atoms with E-state index in [1.54, 1.807) is 0 Å². The molecule has 0 aromatic rings. The van der Waals surface area contributed by atoms with E-state index in [-0.39, 0.29) is 5.54 Å². The zero-order valence-corrected chi connectivity index (χ0v) is 13.4. The van der Waals surface area contributed by atoms with E-state index in [1.807, 2.05) is 18.7 Å². The van der Waals surface area contributed by atoms with Gasteiger partial charge in [0.2, 0.25) is 5.91 Å². The lowest BCUT2D eigenvalue weighted by atomic mass is 9.98. The molecule has 0 aliphatic carbocycles. The Hall–Kier alpha value is -0.570. The summed E-state index contributed by atoms with van der Waals surface area (Å²) in [6.07, 6.45) is 1.79.